The van der Waals surface area contributed by atoms with Crippen LogP contribution in [0.5, 0.6) is 0 Å². The molecule has 1 fully saturated rings. The van der Waals surface area contributed by atoms with Gasteiger partial charge in [0.1, 0.15) is 0 Å². The largest absolute Gasteiger partial charge is 0.338 e. The Balaban J connectivity index is 1.14. The highest BCUT2D eigenvalue weighted by molar-refractivity contribution is 7.13. The number of piperazine rings is 1. The number of nitrogens with zero attached hydrogens (tertiary/aromatic N) is 4. The molecule has 1 aliphatic rings. The topological polar surface area (TPSA) is 62.5 Å². The Hall–Kier alpha value is -3.73. The highest BCUT2D eigenvalue weighted by Gasteiger charge is 2.23. The van der Waals surface area contributed by atoms with Crippen LogP contribution < -0.4 is 0 Å². The number of rotatable bonds is 4. The van der Waals surface area contributed by atoms with Crippen LogP contribution in [0.15, 0.2) is 76.6 Å². The van der Waals surface area contributed by atoms with Crippen LogP contribution in [0.25, 0.3) is 10.7 Å². The number of benzene rings is 2. The van der Waals surface area contributed by atoms with Crippen LogP contribution in [0.3, 0.4) is 0 Å². The summed E-state index contributed by atoms with van der Waals surface area (Å²) in [5.41, 5.74) is 2.55. The molecule has 0 N–H and O–H groups in total. The molecule has 0 saturated carbocycles. The fraction of sp³-hybridized carbons (Fsp3) is 0.192. The van der Waals surface area contributed by atoms with E-state index in [-0.39, 0.29) is 5.91 Å². The van der Waals surface area contributed by atoms with Crippen LogP contribution in [-0.2, 0) is 6.54 Å². The van der Waals surface area contributed by atoms with E-state index < -0.39 is 0 Å². The summed E-state index contributed by atoms with van der Waals surface area (Å²) in [4.78, 5) is 22.5. The van der Waals surface area contributed by atoms with Crippen molar-refractivity contribution < 1.29 is 9.32 Å². The van der Waals surface area contributed by atoms with Crippen molar-refractivity contribution in [2.24, 2.45) is 0 Å². The van der Waals surface area contributed by atoms with Gasteiger partial charge in [-0.25, -0.2) is 0 Å². The molecule has 0 spiro atoms. The van der Waals surface area contributed by atoms with E-state index in [2.05, 4.69) is 26.9 Å². The Morgan fingerprint density at radius 3 is 2.33 bits per heavy atom. The van der Waals surface area contributed by atoms with E-state index in [1.165, 1.54) is 0 Å². The summed E-state index contributed by atoms with van der Waals surface area (Å²) in [7, 11) is 0. The molecule has 33 heavy (non-hydrogen) atoms. The lowest BCUT2D eigenvalue weighted by Gasteiger charge is -2.34. The molecular weight excluding hydrogens is 432 g/mol. The van der Waals surface area contributed by atoms with Crippen molar-refractivity contribution in [1.82, 2.24) is 19.9 Å². The second-order valence-corrected chi connectivity index (χ2v) is 8.70. The van der Waals surface area contributed by atoms with Crippen LogP contribution in [0.2, 0.25) is 0 Å². The summed E-state index contributed by atoms with van der Waals surface area (Å²) in [6.45, 7) is 3.46. The van der Waals surface area contributed by atoms with Gasteiger partial charge >= 0.3 is 0 Å². The SMILES string of the molecule is O=C(c1ccc(C#Cc2ccccc2)cc1)N1CCN(Cc2nc(-c3cccs3)no2)CC1. The number of thiophene rings is 1. The molecule has 164 valence electrons. The van der Waals surface area contributed by atoms with Crippen molar-refractivity contribution in [1.29, 1.82) is 0 Å². The van der Waals surface area contributed by atoms with Crippen LogP contribution in [-0.4, -0.2) is 52.0 Å². The van der Waals surface area contributed by atoms with Crippen LogP contribution >= 0.6 is 11.3 Å². The Morgan fingerprint density at radius 1 is 0.909 bits per heavy atom. The van der Waals surface area contributed by atoms with E-state index in [0.717, 1.165) is 29.1 Å². The van der Waals surface area contributed by atoms with Gasteiger partial charge in [-0.2, -0.15) is 4.98 Å². The minimum absolute atomic E-state index is 0.0509. The third kappa shape index (κ3) is 5.20. The number of hydrogen-bond acceptors (Lipinski definition) is 6. The van der Waals surface area contributed by atoms with Crippen molar-refractivity contribution >= 4 is 17.2 Å². The fourth-order valence-electron chi connectivity index (χ4n) is 3.67. The molecule has 0 atom stereocenters. The van der Waals surface area contributed by atoms with Crippen molar-refractivity contribution in [2.45, 2.75) is 6.54 Å². The number of hydrogen-bond donors (Lipinski definition) is 0. The molecule has 1 aliphatic heterocycles. The average molecular weight is 455 g/mol. The van der Waals surface area contributed by atoms with E-state index in [4.69, 9.17) is 4.52 Å². The van der Waals surface area contributed by atoms with Crippen LogP contribution in [0, 0.1) is 11.8 Å². The first-order valence-electron chi connectivity index (χ1n) is 10.8. The summed E-state index contributed by atoms with van der Waals surface area (Å²) in [6, 6.07) is 21.3. The molecule has 1 amide bonds. The van der Waals surface area contributed by atoms with Crippen molar-refractivity contribution in [2.75, 3.05) is 26.2 Å². The predicted molar refractivity (Wildman–Crippen MR) is 128 cm³/mol. The highest BCUT2D eigenvalue weighted by atomic mass is 32.1. The number of carbonyl (C=O) groups excluding carboxylic acids is 1. The molecule has 0 bridgehead atoms. The maximum absolute atomic E-state index is 12.9. The maximum Gasteiger partial charge on any atom is 0.253 e. The maximum atomic E-state index is 12.9. The third-order valence-corrected chi connectivity index (χ3v) is 6.35. The summed E-state index contributed by atoms with van der Waals surface area (Å²) in [6.07, 6.45) is 0. The van der Waals surface area contributed by atoms with Gasteiger partial charge in [-0.3, -0.25) is 9.69 Å². The Kier molecular flexibility index (Phi) is 6.29. The van der Waals surface area contributed by atoms with E-state index in [1.807, 2.05) is 77.0 Å². The standard InChI is InChI=1S/C26H22N4O2S/c31-26(22-12-10-21(11-13-22)9-8-20-5-2-1-3-6-20)30-16-14-29(15-17-30)19-24-27-25(28-32-24)23-7-4-18-33-23/h1-7,10-13,18H,14-17,19H2. The van der Waals surface area contributed by atoms with E-state index in [0.29, 0.717) is 36.9 Å². The molecule has 7 heteroatoms. The van der Waals surface area contributed by atoms with E-state index >= 15 is 0 Å². The number of aromatic nitrogens is 2. The lowest BCUT2D eigenvalue weighted by molar-refractivity contribution is 0.0615. The molecule has 3 heterocycles. The second kappa shape index (κ2) is 9.82. The minimum atomic E-state index is 0.0509. The van der Waals surface area contributed by atoms with Gasteiger partial charge in [0, 0.05) is 42.9 Å². The summed E-state index contributed by atoms with van der Waals surface area (Å²) >= 11 is 1.59. The Bertz CT molecular complexity index is 1260. The summed E-state index contributed by atoms with van der Waals surface area (Å²) in [5.74, 6) is 7.57. The molecular formula is C26H22N4O2S. The van der Waals surface area contributed by atoms with Gasteiger partial charge in [0.25, 0.3) is 5.91 Å². The average Bonchev–Trinajstić information content (AvgIpc) is 3.56. The fourth-order valence-corrected chi connectivity index (χ4v) is 4.32. The van der Waals surface area contributed by atoms with Gasteiger partial charge in [0.15, 0.2) is 0 Å². The predicted octanol–water partition coefficient (Wildman–Crippen LogP) is 4.16. The summed E-state index contributed by atoms with van der Waals surface area (Å²) in [5, 5.41) is 6.06. The normalized spacial score (nSPS) is 14.0. The summed E-state index contributed by atoms with van der Waals surface area (Å²) < 4.78 is 5.41. The molecule has 1 saturated heterocycles. The van der Waals surface area contributed by atoms with Crippen LogP contribution in [0.1, 0.15) is 27.4 Å². The number of amides is 1. The quantitative estimate of drug-likeness (QED) is 0.434. The van der Waals surface area contributed by atoms with E-state index in [1.54, 1.807) is 11.3 Å². The zero-order valence-electron chi connectivity index (χ0n) is 18.0. The smallest absolute Gasteiger partial charge is 0.253 e. The zero-order chi connectivity index (χ0) is 22.5. The highest BCUT2D eigenvalue weighted by Crippen LogP contribution is 2.22. The molecule has 6 nitrogen and oxygen atoms in total. The molecule has 0 radical (unpaired) electrons. The number of carbonyl (C=O) groups is 1. The molecule has 5 rings (SSSR count). The second-order valence-electron chi connectivity index (χ2n) is 7.75. The van der Waals surface area contributed by atoms with Gasteiger partial charge in [-0.1, -0.05) is 41.3 Å². The van der Waals surface area contributed by atoms with Gasteiger partial charge in [0.2, 0.25) is 11.7 Å². The van der Waals surface area contributed by atoms with Gasteiger partial charge in [0.05, 0.1) is 11.4 Å². The Morgan fingerprint density at radius 2 is 1.64 bits per heavy atom. The molecule has 4 aromatic rings. The first-order chi connectivity index (χ1) is 16.2. The lowest BCUT2D eigenvalue weighted by Crippen LogP contribution is -2.48. The Labute approximate surface area is 196 Å². The van der Waals surface area contributed by atoms with Crippen molar-refractivity contribution in [3.63, 3.8) is 0 Å². The first-order valence-corrected chi connectivity index (χ1v) is 11.7. The zero-order valence-corrected chi connectivity index (χ0v) is 18.8. The van der Waals surface area contributed by atoms with Gasteiger partial charge in [-0.15, -0.1) is 11.3 Å². The van der Waals surface area contributed by atoms with Gasteiger partial charge < -0.3 is 9.42 Å². The van der Waals surface area contributed by atoms with Crippen molar-refractivity contribution in [3.05, 3.63) is 94.7 Å². The van der Waals surface area contributed by atoms with Gasteiger partial charge in [-0.05, 0) is 47.8 Å². The molecule has 0 aliphatic carbocycles. The van der Waals surface area contributed by atoms with Crippen LogP contribution in [0.4, 0.5) is 0 Å². The minimum Gasteiger partial charge on any atom is -0.338 e. The molecule has 2 aromatic carbocycles. The molecule has 0 unspecified atom stereocenters. The molecule has 2 aromatic heterocycles. The monoisotopic (exact) mass is 454 g/mol. The van der Waals surface area contributed by atoms with E-state index in [9.17, 15) is 4.79 Å². The van der Waals surface area contributed by atoms with Crippen molar-refractivity contribution in [3.8, 4) is 22.5 Å². The third-order valence-electron chi connectivity index (χ3n) is 5.48. The lowest BCUT2D eigenvalue weighted by atomic mass is 10.1. The first kappa shape index (κ1) is 21.1.